The molecule has 0 bridgehead atoms. The predicted molar refractivity (Wildman–Crippen MR) is 120 cm³/mol. The van der Waals surface area contributed by atoms with E-state index in [2.05, 4.69) is 31.2 Å². The number of rotatable bonds is 7. The normalized spacial score (nSPS) is 10.7. The maximum absolute atomic E-state index is 13.7. The molecular formula is C21H18BrN4O5S+. The fourth-order valence-corrected chi connectivity index (χ4v) is 5.15. The second-order valence-electron chi connectivity index (χ2n) is 6.39. The molecule has 1 N–H and O–H groups in total. The average molecular weight is 518 g/mol. The van der Waals surface area contributed by atoms with Gasteiger partial charge in [-0.2, -0.15) is 0 Å². The monoisotopic (exact) mass is 517 g/mol. The summed E-state index contributed by atoms with van der Waals surface area (Å²) in [6, 6.07) is 19.5. The van der Waals surface area contributed by atoms with Gasteiger partial charge >= 0.3 is 11.2 Å². The molecule has 0 spiro atoms. The summed E-state index contributed by atoms with van der Waals surface area (Å²) < 4.78 is 34.0. The van der Waals surface area contributed by atoms with Crippen LogP contribution >= 0.6 is 15.9 Å². The number of hydrogen-bond donors (Lipinski definition) is 1. The van der Waals surface area contributed by atoms with Crippen LogP contribution in [0.5, 0.6) is 5.75 Å². The first-order valence-corrected chi connectivity index (χ1v) is 11.4. The summed E-state index contributed by atoms with van der Waals surface area (Å²) in [5.41, 5.74) is 0.736. The zero-order chi connectivity index (χ0) is 23.1. The smallest absolute Gasteiger partial charge is 0.362 e. The van der Waals surface area contributed by atoms with E-state index < -0.39 is 15.9 Å². The van der Waals surface area contributed by atoms with Crippen molar-refractivity contribution in [2.45, 2.75) is 11.4 Å². The first-order valence-electron chi connectivity index (χ1n) is 9.17. The molecule has 0 saturated heterocycles. The molecule has 3 rings (SSSR count). The molecule has 3 aromatic rings. The molecule has 0 aliphatic carbocycles. The molecule has 164 valence electrons. The molecule has 0 radical (unpaired) electrons. The minimum atomic E-state index is -4.13. The Kier molecular flexibility index (Phi) is 7.37. The minimum Gasteiger partial charge on any atom is -0.497 e. The number of para-hydroxylation sites is 1. The lowest BCUT2D eigenvalue weighted by molar-refractivity contribution is 0.0989. The predicted octanol–water partition coefficient (Wildman–Crippen LogP) is 4.35. The molecule has 0 aliphatic heterocycles. The second-order valence-corrected chi connectivity index (χ2v) is 9.11. The van der Waals surface area contributed by atoms with Crippen LogP contribution in [-0.4, -0.2) is 26.6 Å². The van der Waals surface area contributed by atoms with Crippen molar-refractivity contribution >= 4 is 37.5 Å². The van der Waals surface area contributed by atoms with E-state index in [1.165, 1.54) is 37.4 Å². The van der Waals surface area contributed by atoms with E-state index in [-0.39, 0.29) is 22.7 Å². The Morgan fingerprint density at radius 1 is 1.06 bits per heavy atom. The standard InChI is InChI=1S/C21H17BrN4O5S/c1-31-16-10-12-17(13-11-16)32(29,30)26(14-15-6-3-2-4-7-15)20-18(8-5-9-19(20)22)21(27)23-24-25-28/h2-13H,14H2,1H3/p+1. The first kappa shape index (κ1) is 23.1. The molecule has 0 aromatic heterocycles. The Balaban J connectivity index is 2.22. The molecular weight excluding hydrogens is 500 g/mol. The third kappa shape index (κ3) is 5.02. The van der Waals surface area contributed by atoms with Crippen molar-refractivity contribution in [1.29, 1.82) is 0 Å². The van der Waals surface area contributed by atoms with Gasteiger partial charge in [0.25, 0.3) is 14.9 Å². The van der Waals surface area contributed by atoms with Crippen molar-refractivity contribution in [1.82, 2.24) is 4.91 Å². The summed E-state index contributed by atoms with van der Waals surface area (Å²) in [7, 11) is -2.64. The van der Waals surface area contributed by atoms with E-state index in [1.54, 1.807) is 36.4 Å². The summed E-state index contributed by atoms with van der Waals surface area (Å²) in [5, 5.41) is 14.2. The molecule has 11 heteroatoms. The van der Waals surface area contributed by atoms with Crippen LogP contribution in [0.15, 0.2) is 92.6 Å². The van der Waals surface area contributed by atoms with Crippen LogP contribution in [0.25, 0.3) is 0 Å². The summed E-state index contributed by atoms with van der Waals surface area (Å²) in [5.74, 6) is -0.370. The number of halogens is 1. The highest BCUT2D eigenvalue weighted by atomic mass is 79.9. The quantitative estimate of drug-likeness (QED) is 0.283. The van der Waals surface area contributed by atoms with Gasteiger partial charge in [-0.15, -0.1) is 0 Å². The Morgan fingerprint density at radius 2 is 1.75 bits per heavy atom. The highest BCUT2D eigenvalue weighted by Gasteiger charge is 2.31. The lowest BCUT2D eigenvalue weighted by Crippen LogP contribution is -2.32. The van der Waals surface area contributed by atoms with Gasteiger partial charge in [-0.1, -0.05) is 36.4 Å². The van der Waals surface area contributed by atoms with E-state index in [9.17, 15) is 13.2 Å². The van der Waals surface area contributed by atoms with Gasteiger partial charge in [-0.05, 0) is 57.9 Å². The van der Waals surface area contributed by atoms with Crippen LogP contribution in [0.2, 0.25) is 0 Å². The number of amides is 1. The van der Waals surface area contributed by atoms with Gasteiger partial charge in [0.1, 0.15) is 5.75 Å². The molecule has 0 aliphatic rings. The second kappa shape index (κ2) is 10.2. The largest absolute Gasteiger partial charge is 0.497 e. The third-order valence-corrected chi connectivity index (χ3v) is 6.86. The molecule has 0 heterocycles. The number of benzene rings is 3. The molecule has 0 unspecified atom stereocenters. The van der Waals surface area contributed by atoms with Crippen molar-refractivity contribution < 1.29 is 23.2 Å². The van der Waals surface area contributed by atoms with Crippen molar-refractivity contribution in [2.75, 3.05) is 11.4 Å². The van der Waals surface area contributed by atoms with Gasteiger partial charge in [-0.3, -0.25) is 9.10 Å². The summed E-state index contributed by atoms with van der Waals surface area (Å²) in [6.45, 7) is -0.0559. The van der Waals surface area contributed by atoms with Crippen LogP contribution in [0.3, 0.4) is 0 Å². The number of methoxy groups -OCH3 is 1. The third-order valence-electron chi connectivity index (χ3n) is 4.46. The van der Waals surface area contributed by atoms with Gasteiger partial charge in [0.05, 0.1) is 29.8 Å². The van der Waals surface area contributed by atoms with Crippen LogP contribution in [0, 0.1) is 0 Å². The number of hydrogen-bond acceptors (Lipinski definition) is 5. The van der Waals surface area contributed by atoms with Crippen LogP contribution < -0.4 is 14.0 Å². The first-order chi connectivity index (χ1) is 15.4. The van der Waals surface area contributed by atoms with Crippen molar-refractivity contribution in [3.05, 3.63) is 88.4 Å². The number of sulfonamides is 1. The van der Waals surface area contributed by atoms with E-state index in [0.717, 1.165) is 4.31 Å². The summed E-state index contributed by atoms with van der Waals surface area (Å²) >= 11 is 3.36. The van der Waals surface area contributed by atoms with Gasteiger partial charge < -0.3 is 9.94 Å². The zero-order valence-corrected chi connectivity index (χ0v) is 19.2. The van der Waals surface area contributed by atoms with E-state index in [1.807, 2.05) is 6.07 Å². The van der Waals surface area contributed by atoms with Gasteiger partial charge in [0.2, 0.25) is 5.11 Å². The van der Waals surface area contributed by atoms with Crippen molar-refractivity contribution in [3.8, 4) is 5.75 Å². The minimum absolute atomic E-state index is 0.00960. The average Bonchev–Trinajstić information content (AvgIpc) is 2.81. The maximum atomic E-state index is 13.7. The molecule has 9 nitrogen and oxygen atoms in total. The summed E-state index contributed by atoms with van der Waals surface area (Å²) in [4.78, 5) is 15.6. The highest BCUT2D eigenvalue weighted by molar-refractivity contribution is 9.10. The molecule has 0 atom stereocenters. The Morgan fingerprint density at radius 3 is 2.38 bits per heavy atom. The molecule has 0 saturated carbocycles. The lowest BCUT2D eigenvalue weighted by atomic mass is 10.1. The Labute approximate surface area is 192 Å². The van der Waals surface area contributed by atoms with Crippen LogP contribution in [0.1, 0.15) is 15.9 Å². The molecule has 0 fully saturated rings. The fraction of sp³-hybridized carbons (Fsp3) is 0.0952. The van der Waals surface area contributed by atoms with Gasteiger partial charge in [0, 0.05) is 4.47 Å². The zero-order valence-electron chi connectivity index (χ0n) is 16.8. The van der Waals surface area contributed by atoms with E-state index in [4.69, 9.17) is 9.94 Å². The van der Waals surface area contributed by atoms with E-state index >= 15 is 0 Å². The number of anilines is 1. The highest BCUT2D eigenvalue weighted by Crippen LogP contribution is 2.36. The topological polar surface area (TPSA) is 123 Å². The van der Waals surface area contributed by atoms with Gasteiger partial charge in [-0.25, -0.2) is 8.42 Å². The van der Waals surface area contributed by atoms with Crippen LogP contribution in [-0.2, 0) is 16.6 Å². The van der Waals surface area contributed by atoms with Crippen LogP contribution in [0.4, 0.5) is 5.69 Å². The van der Waals surface area contributed by atoms with Gasteiger partial charge in [0.15, 0.2) is 0 Å². The maximum Gasteiger partial charge on any atom is 0.362 e. The lowest BCUT2D eigenvalue weighted by Gasteiger charge is -2.27. The summed E-state index contributed by atoms with van der Waals surface area (Å²) in [6.07, 6.45) is 0. The number of carbonyl (C=O) groups is 1. The number of nitrogens with zero attached hydrogens (tertiary/aromatic N) is 4. The fourth-order valence-electron chi connectivity index (χ4n) is 2.96. The number of carbonyl (C=O) groups excluding carboxylic acids is 1. The Hall–Kier alpha value is -3.53. The molecule has 32 heavy (non-hydrogen) atoms. The number of ether oxygens (including phenoxy) is 1. The Bertz CT molecular complexity index is 1280. The molecule has 3 aromatic carbocycles. The van der Waals surface area contributed by atoms with E-state index in [0.29, 0.717) is 15.8 Å². The SMILES string of the molecule is COc1ccc(S(=O)(=O)N(Cc2ccccc2)c2c(Br)cccc2C(=O)N=[N+]=NO)cc1. The van der Waals surface area contributed by atoms with Crippen molar-refractivity contribution in [2.24, 2.45) is 10.4 Å². The molecule has 1 amide bonds. The van der Waals surface area contributed by atoms with Crippen molar-refractivity contribution in [3.63, 3.8) is 0 Å².